The summed E-state index contributed by atoms with van der Waals surface area (Å²) < 4.78 is 25.3. The lowest BCUT2D eigenvalue weighted by molar-refractivity contribution is -0.119. The van der Waals surface area contributed by atoms with Gasteiger partial charge in [-0.2, -0.15) is 4.98 Å². The second kappa shape index (κ2) is 13.1. The van der Waals surface area contributed by atoms with Crippen LogP contribution in [0, 0.1) is 11.7 Å². The largest absolute Gasteiger partial charge is 0.493 e. The Morgan fingerprint density at radius 2 is 2.00 bits per heavy atom. The van der Waals surface area contributed by atoms with E-state index in [-0.39, 0.29) is 5.56 Å². The van der Waals surface area contributed by atoms with Gasteiger partial charge in [0.05, 0.1) is 17.7 Å². The number of carbonyl (C=O) groups excluding carboxylic acids is 2. The molecule has 0 bridgehead atoms. The zero-order valence-corrected chi connectivity index (χ0v) is 22.2. The summed E-state index contributed by atoms with van der Waals surface area (Å²) in [7, 11) is 0. The van der Waals surface area contributed by atoms with E-state index in [0.717, 1.165) is 57.2 Å². The average Bonchev–Trinajstić information content (AvgIpc) is 3.40. The quantitative estimate of drug-likeness (QED) is 0.331. The van der Waals surface area contributed by atoms with Crippen molar-refractivity contribution in [3.8, 4) is 17.1 Å². The first-order chi connectivity index (χ1) is 18.8. The number of aryl methyl sites for hydroxylation is 1. The predicted octanol–water partition coefficient (Wildman–Crippen LogP) is 3.30. The molecule has 0 aliphatic carbocycles. The van der Waals surface area contributed by atoms with E-state index in [1.165, 1.54) is 19.1 Å². The molecule has 3 aromatic rings. The summed E-state index contributed by atoms with van der Waals surface area (Å²) >= 11 is 0. The topological polar surface area (TPSA) is 149 Å². The molecule has 1 aromatic carbocycles. The van der Waals surface area contributed by atoms with Crippen LogP contribution >= 0.6 is 0 Å². The number of nitrogens with zero attached hydrogens (tertiary/aromatic N) is 5. The van der Waals surface area contributed by atoms with Gasteiger partial charge in [-0.1, -0.05) is 12.1 Å². The molecule has 12 heteroatoms. The molecule has 3 N–H and O–H groups in total. The highest BCUT2D eigenvalue weighted by atomic mass is 19.1. The maximum Gasteiger partial charge on any atom is 0.254 e. The molecule has 2 aromatic heterocycles. The Morgan fingerprint density at radius 1 is 1.26 bits per heavy atom. The number of amides is 2. The van der Waals surface area contributed by atoms with Crippen molar-refractivity contribution >= 4 is 17.8 Å². The van der Waals surface area contributed by atoms with Gasteiger partial charge in [-0.25, -0.2) is 14.4 Å². The SMILES string of the molecule is CCCc1nc(-c2cnc(N3CCC(CCCOc4ccc(C(=O)N[C@@H](C)C(N)=O)c(F)c4)CC3)nc2)no1. The highest BCUT2D eigenvalue weighted by molar-refractivity contribution is 5.97. The molecule has 11 nitrogen and oxygen atoms in total. The molecule has 0 saturated carbocycles. The lowest BCUT2D eigenvalue weighted by Gasteiger charge is -2.32. The number of primary amides is 1. The molecule has 1 aliphatic rings. The lowest BCUT2D eigenvalue weighted by atomic mass is 9.92. The molecule has 1 fully saturated rings. The Hall–Kier alpha value is -4.09. The normalized spacial score (nSPS) is 14.7. The number of carbonyl (C=O) groups is 2. The van der Waals surface area contributed by atoms with Gasteiger partial charge in [0.25, 0.3) is 5.91 Å². The Morgan fingerprint density at radius 3 is 2.67 bits per heavy atom. The Balaban J connectivity index is 1.17. The number of piperidine rings is 1. The van der Waals surface area contributed by atoms with Crippen LogP contribution in [0.4, 0.5) is 10.3 Å². The fraction of sp³-hybridized carbons (Fsp3) is 0.481. The van der Waals surface area contributed by atoms with Crippen LogP contribution in [0.15, 0.2) is 35.1 Å². The van der Waals surface area contributed by atoms with Crippen molar-refractivity contribution in [3.63, 3.8) is 0 Å². The maximum absolute atomic E-state index is 14.4. The third-order valence-corrected chi connectivity index (χ3v) is 6.71. The zero-order chi connectivity index (χ0) is 27.8. The van der Waals surface area contributed by atoms with Gasteiger partial charge in [0.15, 0.2) is 0 Å². The second-order valence-corrected chi connectivity index (χ2v) is 9.69. The average molecular weight is 540 g/mol. The van der Waals surface area contributed by atoms with E-state index in [1.807, 2.05) is 0 Å². The van der Waals surface area contributed by atoms with Crippen molar-refractivity contribution in [3.05, 3.63) is 47.9 Å². The Bertz CT molecular complexity index is 1260. The van der Waals surface area contributed by atoms with Gasteiger partial charge in [-0.05, 0) is 57.1 Å². The predicted molar refractivity (Wildman–Crippen MR) is 142 cm³/mol. The molecule has 2 amide bonds. The van der Waals surface area contributed by atoms with Crippen molar-refractivity contribution in [2.45, 2.75) is 58.4 Å². The highest BCUT2D eigenvalue weighted by Gasteiger charge is 2.22. The van der Waals surface area contributed by atoms with Crippen LogP contribution in [-0.4, -0.2) is 57.7 Å². The standard InChI is InChI=1S/C27H34FN7O4/c1-3-5-23-33-25(34-39-23)19-15-30-27(31-16-19)35-11-9-18(10-12-35)6-4-13-38-20-7-8-21(22(28)14-20)26(37)32-17(2)24(29)36/h7-8,14-18H,3-6,9-13H2,1-2H3,(H2,29,36)(H,32,37)/t17-/m0/s1. The first-order valence-corrected chi connectivity index (χ1v) is 13.3. The minimum absolute atomic E-state index is 0.170. The number of nitrogens with one attached hydrogen (secondary N) is 1. The van der Waals surface area contributed by atoms with E-state index in [9.17, 15) is 14.0 Å². The molecular formula is C27H34FN7O4. The van der Waals surface area contributed by atoms with Crippen molar-refractivity contribution in [1.82, 2.24) is 25.4 Å². The van der Waals surface area contributed by atoms with Crippen molar-refractivity contribution in [1.29, 1.82) is 0 Å². The van der Waals surface area contributed by atoms with Crippen molar-refractivity contribution in [2.24, 2.45) is 11.7 Å². The van der Waals surface area contributed by atoms with E-state index >= 15 is 0 Å². The van der Waals surface area contributed by atoms with Crippen molar-refractivity contribution < 1.29 is 23.2 Å². The molecule has 1 aliphatic heterocycles. The Kier molecular flexibility index (Phi) is 9.40. The molecule has 3 heterocycles. The van der Waals surface area contributed by atoms with Crippen LogP contribution in [0.5, 0.6) is 5.75 Å². The summed E-state index contributed by atoms with van der Waals surface area (Å²) in [5, 5.41) is 6.36. The third-order valence-electron chi connectivity index (χ3n) is 6.71. The number of hydrogen-bond acceptors (Lipinski definition) is 9. The second-order valence-electron chi connectivity index (χ2n) is 9.69. The van der Waals surface area contributed by atoms with Gasteiger partial charge in [0, 0.05) is 38.0 Å². The molecule has 1 saturated heterocycles. The van der Waals surface area contributed by atoms with Crippen LogP contribution in [0.25, 0.3) is 11.4 Å². The van der Waals surface area contributed by atoms with Gasteiger partial charge in [0.1, 0.15) is 17.6 Å². The molecule has 0 spiro atoms. The molecular weight excluding hydrogens is 505 g/mol. The van der Waals surface area contributed by atoms with Gasteiger partial charge in [0.2, 0.25) is 23.6 Å². The zero-order valence-electron chi connectivity index (χ0n) is 22.2. The molecule has 39 heavy (non-hydrogen) atoms. The van der Waals surface area contributed by atoms with E-state index < -0.39 is 23.7 Å². The van der Waals surface area contributed by atoms with Crippen LogP contribution in [0.3, 0.4) is 0 Å². The number of halogens is 1. The summed E-state index contributed by atoms with van der Waals surface area (Å²) in [4.78, 5) is 38.8. The van der Waals surface area contributed by atoms with Crippen LogP contribution < -0.4 is 20.7 Å². The monoisotopic (exact) mass is 539 g/mol. The smallest absolute Gasteiger partial charge is 0.254 e. The highest BCUT2D eigenvalue weighted by Crippen LogP contribution is 2.25. The molecule has 208 valence electrons. The summed E-state index contributed by atoms with van der Waals surface area (Å²) in [5.74, 6) is 0.616. The Labute approximate surface area is 226 Å². The molecule has 4 rings (SSSR count). The molecule has 0 radical (unpaired) electrons. The van der Waals surface area contributed by atoms with Gasteiger partial charge in [-0.15, -0.1) is 0 Å². The summed E-state index contributed by atoms with van der Waals surface area (Å²) in [6, 6.07) is 3.16. The number of nitrogens with two attached hydrogens (primary N) is 1. The van der Waals surface area contributed by atoms with E-state index in [2.05, 4.69) is 37.2 Å². The van der Waals surface area contributed by atoms with Crippen LogP contribution in [0.2, 0.25) is 0 Å². The van der Waals surface area contributed by atoms with Gasteiger partial charge in [-0.3, -0.25) is 9.59 Å². The summed E-state index contributed by atoms with van der Waals surface area (Å²) in [6.07, 6.45) is 9.04. The van der Waals surface area contributed by atoms with Gasteiger partial charge >= 0.3 is 0 Å². The summed E-state index contributed by atoms with van der Waals surface area (Å²) in [6.45, 7) is 5.69. The number of aromatic nitrogens is 4. The number of ether oxygens (including phenoxy) is 1. The maximum atomic E-state index is 14.4. The van der Waals surface area contributed by atoms with E-state index in [1.54, 1.807) is 18.5 Å². The van der Waals surface area contributed by atoms with Crippen LogP contribution in [-0.2, 0) is 11.2 Å². The fourth-order valence-electron chi connectivity index (χ4n) is 4.39. The fourth-order valence-corrected chi connectivity index (χ4v) is 4.39. The van der Waals surface area contributed by atoms with E-state index in [4.69, 9.17) is 15.0 Å². The molecule has 0 unspecified atom stereocenters. The number of hydrogen-bond donors (Lipinski definition) is 2. The number of benzene rings is 1. The van der Waals surface area contributed by atoms with E-state index in [0.29, 0.717) is 35.9 Å². The first-order valence-electron chi connectivity index (χ1n) is 13.3. The minimum Gasteiger partial charge on any atom is -0.493 e. The number of rotatable bonds is 12. The van der Waals surface area contributed by atoms with Crippen LogP contribution in [0.1, 0.15) is 62.2 Å². The third kappa shape index (κ3) is 7.49. The summed E-state index contributed by atoms with van der Waals surface area (Å²) in [5.41, 5.74) is 5.69. The van der Waals surface area contributed by atoms with Gasteiger partial charge < -0.3 is 25.2 Å². The molecule has 1 atom stereocenters. The first kappa shape index (κ1) is 27.9. The minimum atomic E-state index is -0.894. The van der Waals surface area contributed by atoms with Crippen molar-refractivity contribution in [2.75, 3.05) is 24.6 Å². The number of anilines is 1. The lowest BCUT2D eigenvalue weighted by Crippen LogP contribution is -2.42.